The van der Waals surface area contributed by atoms with Crippen molar-refractivity contribution in [1.29, 1.82) is 0 Å². The molecule has 1 aromatic rings. The van der Waals surface area contributed by atoms with Gasteiger partial charge in [-0.25, -0.2) is 4.98 Å². The van der Waals surface area contributed by atoms with E-state index in [1.54, 1.807) is 6.92 Å². The van der Waals surface area contributed by atoms with Gasteiger partial charge in [0, 0.05) is 19.2 Å². The molecule has 1 aromatic heterocycles. The number of alkyl halides is 3. The number of rotatable bonds is 3. The number of hydrogen-bond donors (Lipinski definition) is 1. The average molecular weight is 305 g/mol. The molecule has 0 bridgehead atoms. The Hall–Kier alpha value is -2.06. The van der Waals surface area contributed by atoms with Crippen LogP contribution in [0.25, 0.3) is 0 Å². The van der Waals surface area contributed by atoms with E-state index >= 15 is 0 Å². The van der Waals surface area contributed by atoms with Gasteiger partial charge in [-0.05, 0) is 13.3 Å². The van der Waals surface area contributed by atoms with Gasteiger partial charge in [0.2, 0.25) is 5.88 Å². The van der Waals surface area contributed by atoms with Crippen LogP contribution in [0.4, 0.5) is 19.0 Å². The van der Waals surface area contributed by atoms with E-state index in [0.717, 1.165) is 0 Å². The van der Waals surface area contributed by atoms with Crippen molar-refractivity contribution >= 4 is 11.8 Å². The number of halogens is 3. The van der Waals surface area contributed by atoms with E-state index in [9.17, 15) is 18.0 Å². The summed E-state index contributed by atoms with van der Waals surface area (Å²) in [6, 6.07) is 1.39. The molecule has 1 atom stereocenters. The van der Waals surface area contributed by atoms with Crippen LogP contribution in [-0.4, -0.2) is 47.4 Å². The number of ether oxygens (including phenoxy) is 1. The van der Waals surface area contributed by atoms with Gasteiger partial charge in [-0.2, -0.15) is 18.2 Å². The Morgan fingerprint density at radius 1 is 1.48 bits per heavy atom. The van der Waals surface area contributed by atoms with E-state index in [2.05, 4.69) is 9.97 Å². The topological polar surface area (TPSA) is 75.5 Å². The third-order valence-corrected chi connectivity index (χ3v) is 3.56. The molecule has 116 valence electrons. The van der Waals surface area contributed by atoms with Crippen molar-refractivity contribution in [3.63, 3.8) is 0 Å². The van der Waals surface area contributed by atoms with Gasteiger partial charge in [-0.1, -0.05) is 0 Å². The van der Waals surface area contributed by atoms with Gasteiger partial charge < -0.3 is 14.7 Å². The summed E-state index contributed by atoms with van der Waals surface area (Å²) in [6.07, 6.45) is -5.34. The molecule has 6 nitrogen and oxygen atoms in total. The van der Waals surface area contributed by atoms with Gasteiger partial charge in [0.15, 0.2) is 5.41 Å². The molecule has 0 radical (unpaired) electrons. The second-order valence-electron chi connectivity index (χ2n) is 4.87. The molecule has 0 amide bonds. The fraction of sp³-hybridized carbons (Fsp3) is 0.583. The lowest BCUT2D eigenvalue weighted by atomic mass is 9.86. The standard InChI is InChI=1S/C12H14F3N3O3/c1-7-16-8(5-9(17-7)21-2)18-4-3-11(6-18,10(19)20)12(13,14)15/h5H,3-4,6H2,1-2H3,(H,19,20). The van der Waals surface area contributed by atoms with Crippen LogP contribution >= 0.6 is 0 Å². The lowest BCUT2D eigenvalue weighted by Gasteiger charge is -2.27. The first-order valence-electron chi connectivity index (χ1n) is 6.14. The Labute approximate surface area is 118 Å². The molecule has 21 heavy (non-hydrogen) atoms. The number of anilines is 1. The minimum absolute atomic E-state index is 0.0502. The first kappa shape index (κ1) is 15.3. The van der Waals surface area contributed by atoms with Gasteiger partial charge in [0.1, 0.15) is 11.6 Å². The highest BCUT2D eigenvalue weighted by Gasteiger charge is 2.63. The maximum Gasteiger partial charge on any atom is 0.406 e. The van der Waals surface area contributed by atoms with Crippen LogP contribution in [0.15, 0.2) is 6.07 Å². The van der Waals surface area contributed by atoms with E-state index in [0.29, 0.717) is 5.82 Å². The van der Waals surface area contributed by atoms with Crippen molar-refractivity contribution in [2.75, 3.05) is 25.1 Å². The molecule has 2 heterocycles. The molecule has 2 rings (SSSR count). The van der Waals surface area contributed by atoms with Crippen molar-refractivity contribution in [3.05, 3.63) is 11.9 Å². The zero-order valence-corrected chi connectivity index (χ0v) is 11.4. The molecule has 0 aromatic carbocycles. The fourth-order valence-corrected chi connectivity index (χ4v) is 2.32. The number of aromatic nitrogens is 2. The normalized spacial score (nSPS) is 22.4. The molecule has 9 heteroatoms. The van der Waals surface area contributed by atoms with E-state index in [-0.39, 0.29) is 18.2 Å². The minimum Gasteiger partial charge on any atom is -0.481 e. The van der Waals surface area contributed by atoms with Crippen molar-refractivity contribution in [1.82, 2.24) is 9.97 Å². The van der Waals surface area contributed by atoms with E-state index < -0.39 is 30.5 Å². The molecular weight excluding hydrogens is 291 g/mol. The molecule has 1 saturated heterocycles. The number of aryl methyl sites for hydroxylation is 1. The number of carbonyl (C=O) groups is 1. The fourth-order valence-electron chi connectivity index (χ4n) is 2.32. The highest BCUT2D eigenvalue weighted by atomic mass is 19.4. The largest absolute Gasteiger partial charge is 0.481 e. The third kappa shape index (κ3) is 2.59. The molecular formula is C12H14F3N3O3. The quantitative estimate of drug-likeness (QED) is 0.915. The van der Waals surface area contributed by atoms with Crippen molar-refractivity contribution in [2.24, 2.45) is 5.41 Å². The van der Waals surface area contributed by atoms with Crippen molar-refractivity contribution in [3.8, 4) is 5.88 Å². The highest BCUT2D eigenvalue weighted by Crippen LogP contribution is 2.46. The Morgan fingerprint density at radius 3 is 2.62 bits per heavy atom. The second-order valence-corrected chi connectivity index (χ2v) is 4.87. The summed E-state index contributed by atoms with van der Waals surface area (Å²) in [7, 11) is 1.38. The Balaban J connectivity index is 2.34. The predicted molar refractivity (Wildman–Crippen MR) is 66.3 cm³/mol. The second kappa shape index (κ2) is 5.05. The Bertz CT molecular complexity index is 564. The average Bonchev–Trinajstić information content (AvgIpc) is 2.83. The monoisotopic (exact) mass is 305 g/mol. The van der Waals surface area contributed by atoms with Gasteiger partial charge in [-0.3, -0.25) is 4.79 Å². The molecule has 0 saturated carbocycles. The van der Waals surface area contributed by atoms with Gasteiger partial charge in [-0.15, -0.1) is 0 Å². The summed E-state index contributed by atoms with van der Waals surface area (Å²) in [5, 5.41) is 9.02. The summed E-state index contributed by atoms with van der Waals surface area (Å²) >= 11 is 0. The van der Waals surface area contributed by atoms with Crippen molar-refractivity contribution < 1.29 is 27.8 Å². The first-order chi connectivity index (χ1) is 9.69. The number of nitrogens with zero attached hydrogens (tertiary/aromatic N) is 3. The minimum atomic E-state index is -4.82. The summed E-state index contributed by atoms with van der Waals surface area (Å²) in [4.78, 5) is 20.4. The molecule has 1 N–H and O–H groups in total. The molecule has 1 fully saturated rings. The molecule has 1 aliphatic rings. The van der Waals surface area contributed by atoms with Crippen LogP contribution in [-0.2, 0) is 4.79 Å². The summed E-state index contributed by atoms with van der Waals surface area (Å²) in [6.45, 7) is 0.854. The first-order valence-corrected chi connectivity index (χ1v) is 6.14. The maximum atomic E-state index is 13.1. The van der Waals surface area contributed by atoms with Crippen molar-refractivity contribution in [2.45, 2.75) is 19.5 Å². The predicted octanol–water partition coefficient (Wildman–Crippen LogP) is 1.64. The van der Waals surface area contributed by atoms with Gasteiger partial charge in [0.05, 0.1) is 7.11 Å². The van der Waals surface area contributed by atoms with Gasteiger partial charge >= 0.3 is 12.1 Å². The van der Waals surface area contributed by atoms with E-state index in [1.807, 2.05) is 0 Å². The number of hydrogen-bond acceptors (Lipinski definition) is 5. The number of carboxylic acids is 1. The van der Waals surface area contributed by atoms with E-state index in [4.69, 9.17) is 9.84 Å². The van der Waals surface area contributed by atoms with Crippen LogP contribution in [0.1, 0.15) is 12.2 Å². The molecule has 0 spiro atoms. The summed E-state index contributed by atoms with van der Waals surface area (Å²) in [5.74, 6) is -1.08. The third-order valence-electron chi connectivity index (χ3n) is 3.56. The van der Waals surface area contributed by atoms with Crippen LogP contribution in [0.3, 0.4) is 0 Å². The zero-order chi connectivity index (χ0) is 15.8. The maximum absolute atomic E-state index is 13.1. The Morgan fingerprint density at radius 2 is 2.14 bits per heavy atom. The molecule has 0 aliphatic carbocycles. The summed E-state index contributed by atoms with van der Waals surface area (Å²) in [5.41, 5.74) is -2.76. The lowest BCUT2D eigenvalue weighted by molar-refractivity contribution is -0.225. The number of aliphatic carboxylic acids is 1. The zero-order valence-electron chi connectivity index (χ0n) is 11.4. The SMILES string of the molecule is COc1cc(N2CCC(C(=O)O)(C(F)(F)F)C2)nc(C)n1. The number of carboxylic acid groups (broad SMARTS) is 1. The summed E-state index contributed by atoms with van der Waals surface area (Å²) < 4.78 is 44.3. The van der Waals surface area contributed by atoms with Gasteiger partial charge in [0.25, 0.3) is 0 Å². The molecule has 1 aliphatic heterocycles. The smallest absolute Gasteiger partial charge is 0.406 e. The van der Waals surface area contributed by atoms with Crippen LogP contribution in [0.5, 0.6) is 5.88 Å². The molecule has 1 unspecified atom stereocenters. The van der Waals surface area contributed by atoms with Crippen LogP contribution in [0.2, 0.25) is 0 Å². The van der Waals surface area contributed by atoms with E-state index in [1.165, 1.54) is 18.1 Å². The van der Waals surface area contributed by atoms with Crippen LogP contribution in [0, 0.1) is 12.3 Å². The van der Waals surface area contributed by atoms with Crippen LogP contribution < -0.4 is 9.64 Å². The number of methoxy groups -OCH3 is 1. The Kier molecular flexibility index (Phi) is 3.68. The lowest BCUT2D eigenvalue weighted by Crippen LogP contribution is -2.47. The highest BCUT2D eigenvalue weighted by molar-refractivity contribution is 5.77.